The fourth-order valence-electron chi connectivity index (χ4n) is 1.75. The molecule has 1 heterocycles. The van der Waals surface area contributed by atoms with E-state index in [1.807, 2.05) is 0 Å². The van der Waals surface area contributed by atoms with Crippen molar-refractivity contribution in [3.8, 4) is 0 Å². The lowest BCUT2D eigenvalue weighted by molar-refractivity contribution is -0.128. The van der Waals surface area contributed by atoms with E-state index in [1.165, 1.54) is 18.2 Å². The summed E-state index contributed by atoms with van der Waals surface area (Å²) in [6.07, 6.45) is 0.493. The minimum absolute atomic E-state index is 0.0715. The fourth-order valence-corrected chi connectivity index (χ4v) is 2.55. The number of benzene rings is 1. The smallest absolute Gasteiger partial charge is 0.224 e. The summed E-state index contributed by atoms with van der Waals surface area (Å²) in [5.41, 5.74) is 0.650. The van der Waals surface area contributed by atoms with Crippen LogP contribution in [0.25, 0.3) is 0 Å². The topological polar surface area (TPSA) is 20.3 Å². The molecule has 0 aromatic heterocycles. The first-order chi connectivity index (χ1) is 7.56. The second kappa shape index (κ2) is 4.72. The Bertz CT molecular complexity index is 426. The van der Waals surface area contributed by atoms with Crippen LogP contribution in [0.4, 0.5) is 4.39 Å². The van der Waals surface area contributed by atoms with E-state index >= 15 is 0 Å². The first-order valence-electron chi connectivity index (χ1n) is 4.92. The predicted molar refractivity (Wildman–Crippen MR) is 64.2 cm³/mol. The Morgan fingerprint density at radius 3 is 2.94 bits per heavy atom. The van der Waals surface area contributed by atoms with Crippen molar-refractivity contribution in [3.63, 3.8) is 0 Å². The highest BCUT2D eigenvalue weighted by Crippen LogP contribution is 2.24. The summed E-state index contributed by atoms with van der Waals surface area (Å²) in [6.45, 7) is 1.02. The minimum atomic E-state index is -0.332. The van der Waals surface area contributed by atoms with Gasteiger partial charge in [0, 0.05) is 29.4 Å². The molecule has 0 aliphatic carbocycles. The third kappa shape index (κ3) is 2.55. The standard InChI is InChI=1S/C11H10BrClFNO/c12-8-4-11(16)15(6-8)5-7-3-9(14)1-2-10(7)13/h1-3,8H,4-6H2. The molecule has 1 aromatic rings. The predicted octanol–water partition coefficient (Wildman–Crippen LogP) is 2.97. The first kappa shape index (κ1) is 11.9. The van der Waals surface area contributed by atoms with Crippen molar-refractivity contribution in [3.05, 3.63) is 34.6 Å². The fraction of sp³-hybridized carbons (Fsp3) is 0.364. The molecular weight excluding hydrogens is 296 g/mol. The number of amides is 1. The molecule has 0 saturated carbocycles. The Labute approximate surface area is 107 Å². The van der Waals surface area contributed by atoms with Crippen LogP contribution in [0.3, 0.4) is 0 Å². The van der Waals surface area contributed by atoms with Crippen LogP contribution in [0.15, 0.2) is 18.2 Å². The molecule has 1 aliphatic heterocycles. The van der Waals surface area contributed by atoms with Gasteiger partial charge >= 0.3 is 0 Å². The lowest BCUT2D eigenvalue weighted by atomic mass is 10.2. The number of hydrogen-bond donors (Lipinski definition) is 0. The van der Waals surface area contributed by atoms with Gasteiger partial charge in [-0.15, -0.1) is 0 Å². The average Bonchev–Trinajstić information content (AvgIpc) is 2.51. The zero-order valence-corrected chi connectivity index (χ0v) is 10.8. The molecule has 1 fully saturated rings. The molecule has 0 bridgehead atoms. The summed E-state index contributed by atoms with van der Waals surface area (Å²) in [6, 6.07) is 4.19. The van der Waals surface area contributed by atoms with Crippen LogP contribution in [0, 0.1) is 5.82 Å². The second-order valence-corrected chi connectivity index (χ2v) is 5.51. The number of carbonyl (C=O) groups is 1. The van der Waals surface area contributed by atoms with Gasteiger partial charge in [0.15, 0.2) is 0 Å². The summed E-state index contributed by atoms with van der Waals surface area (Å²) >= 11 is 9.34. The number of carbonyl (C=O) groups excluding carboxylic acids is 1. The van der Waals surface area contributed by atoms with Crippen molar-refractivity contribution in [1.29, 1.82) is 0 Å². The van der Waals surface area contributed by atoms with Crippen molar-refractivity contribution < 1.29 is 9.18 Å². The van der Waals surface area contributed by atoms with Gasteiger partial charge in [-0.2, -0.15) is 0 Å². The summed E-state index contributed by atoms with van der Waals surface area (Å²) in [4.78, 5) is 13.4. The summed E-state index contributed by atoms with van der Waals surface area (Å²) < 4.78 is 13.0. The van der Waals surface area contributed by atoms with E-state index in [9.17, 15) is 9.18 Å². The van der Waals surface area contributed by atoms with Crippen LogP contribution < -0.4 is 0 Å². The summed E-state index contributed by atoms with van der Waals surface area (Å²) in [5.74, 6) is -0.261. The molecule has 2 rings (SSSR count). The maximum atomic E-state index is 13.0. The van der Waals surface area contributed by atoms with Crippen molar-refractivity contribution in [2.45, 2.75) is 17.8 Å². The number of alkyl halides is 1. The van der Waals surface area contributed by atoms with E-state index in [0.717, 1.165) is 0 Å². The molecule has 2 nitrogen and oxygen atoms in total. The van der Waals surface area contributed by atoms with Gasteiger partial charge in [-0.25, -0.2) is 4.39 Å². The van der Waals surface area contributed by atoms with Gasteiger partial charge in [0.2, 0.25) is 5.91 Å². The van der Waals surface area contributed by atoms with Crippen molar-refractivity contribution >= 4 is 33.4 Å². The highest BCUT2D eigenvalue weighted by Gasteiger charge is 2.27. The van der Waals surface area contributed by atoms with Crippen molar-refractivity contribution in [1.82, 2.24) is 4.90 Å². The molecule has 1 amide bonds. The highest BCUT2D eigenvalue weighted by molar-refractivity contribution is 9.09. The second-order valence-electron chi connectivity index (χ2n) is 3.81. The largest absolute Gasteiger partial charge is 0.337 e. The molecule has 16 heavy (non-hydrogen) atoms. The molecule has 1 atom stereocenters. The third-order valence-corrected chi connectivity index (χ3v) is 3.52. The molecule has 0 N–H and O–H groups in total. The van der Waals surface area contributed by atoms with Gasteiger partial charge in [0.25, 0.3) is 0 Å². The third-order valence-electron chi connectivity index (χ3n) is 2.54. The Kier molecular flexibility index (Phi) is 3.50. The average molecular weight is 307 g/mol. The van der Waals surface area contributed by atoms with E-state index in [-0.39, 0.29) is 16.6 Å². The van der Waals surface area contributed by atoms with Crippen LogP contribution in [-0.2, 0) is 11.3 Å². The van der Waals surface area contributed by atoms with E-state index in [1.54, 1.807) is 4.90 Å². The van der Waals surface area contributed by atoms with Crippen LogP contribution in [-0.4, -0.2) is 22.2 Å². The summed E-state index contributed by atoms with van der Waals surface area (Å²) in [5, 5.41) is 0.493. The maximum Gasteiger partial charge on any atom is 0.224 e. The van der Waals surface area contributed by atoms with Crippen molar-refractivity contribution in [2.24, 2.45) is 0 Å². The van der Waals surface area contributed by atoms with Crippen LogP contribution in [0.5, 0.6) is 0 Å². The van der Waals surface area contributed by atoms with Crippen LogP contribution in [0.1, 0.15) is 12.0 Å². The summed E-state index contributed by atoms with van der Waals surface area (Å²) in [7, 11) is 0. The molecule has 1 unspecified atom stereocenters. The Balaban J connectivity index is 2.15. The van der Waals surface area contributed by atoms with E-state index in [4.69, 9.17) is 11.6 Å². The van der Waals surface area contributed by atoms with Crippen LogP contribution >= 0.6 is 27.5 Å². The zero-order valence-electron chi connectivity index (χ0n) is 8.42. The normalized spacial score (nSPS) is 20.6. The highest BCUT2D eigenvalue weighted by atomic mass is 79.9. The lowest BCUT2D eigenvalue weighted by Gasteiger charge is -2.16. The number of rotatable bonds is 2. The Morgan fingerprint density at radius 2 is 2.31 bits per heavy atom. The molecule has 5 heteroatoms. The lowest BCUT2D eigenvalue weighted by Crippen LogP contribution is -2.24. The monoisotopic (exact) mass is 305 g/mol. The SMILES string of the molecule is O=C1CC(Br)CN1Cc1cc(F)ccc1Cl. The molecule has 1 aliphatic rings. The number of hydrogen-bond acceptors (Lipinski definition) is 1. The maximum absolute atomic E-state index is 13.0. The van der Waals surface area contributed by atoms with E-state index < -0.39 is 0 Å². The number of likely N-dealkylation sites (tertiary alicyclic amines) is 1. The van der Waals surface area contributed by atoms with E-state index in [0.29, 0.717) is 30.1 Å². The first-order valence-corrected chi connectivity index (χ1v) is 6.21. The van der Waals surface area contributed by atoms with Gasteiger partial charge in [-0.05, 0) is 23.8 Å². The Hall–Kier alpha value is -0.610. The zero-order chi connectivity index (χ0) is 11.7. The van der Waals surface area contributed by atoms with E-state index in [2.05, 4.69) is 15.9 Å². The molecule has 86 valence electrons. The molecule has 0 radical (unpaired) electrons. The van der Waals surface area contributed by atoms with Gasteiger partial charge < -0.3 is 4.90 Å². The quantitative estimate of drug-likeness (QED) is 0.769. The van der Waals surface area contributed by atoms with Gasteiger partial charge in [0.1, 0.15) is 5.82 Å². The van der Waals surface area contributed by atoms with Crippen molar-refractivity contribution in [2.75, 3.05) is 6.54 Å². The number of halogens is 3. The minimum Gasteiger partial charge on any atom is -0.337 e. The molecule has 1 aromatic carbocycles. The molecular formula is C11H10BrClFNO. The molecule has 0 spiro atoms. The Morgan fingerprint density at radius 1 is 1.56 bits per heavy atom. The van der Waals surface area contributed by atoms with Gasteiger partial charge in [-0.1, -0.05) is 27.5 Å². The molecule has 1 saturated heterocycles. The van der Waals surface area contributed by atoms with Crippen LogP contribution in [0.2, 0.25) is 5.02 Å². The van der Waals surface area contributed by atoms with Gasteiger partial charge in [0.05, 0.1) is 0 Å². The number of nitrogens with zero attached hydrogens (tertiary/aromatic N) is 1. The van der Waals surface area contributed by atoms with Gasteiger partial charge in [-0.3, -0.25) is 4.79 Å².